The molecular formula is C29H30N2O5. The van der Waals surface area contributed by atoms with Crippen LogP contribution in [-0.2, 0) is 9.53 Å². The number of hydrogen-bond acceptors (Lipinski definition) is 5. The summed E-state index contributed by atoms with van der Waals surface area (Å²) in [5.41, 5.74) is 4.07. The number of aromatic carboxylic acids is 1. The van der Waals surface area contributed by atoms with Crippen LogP contribution < -0.4 is 4.74 Å². The molecule has 1 N–H and O–H groups in total. The zero-order chi connectivity index (χ0) is 26.0. The van der Waals surface area contributed by atoms with E-state index in [1.165, 1.54) is 0 Å². The Labute approximate surface area is 210 Å². The van der Waals surface area contributed by atoms with Crippen LogP contribution in [0.1, 0.15) is 61.0 Å². The lowest BCUT2D eigenvalue weighted by Gasteiger charge is -2.25. The number of pyridine rings is 1. The number of benzene rings is 2. The highest BCUT2D eigenvalue weighted by atomic mass is 16.5. The lowest BCUT2D eigenvalue weighted by atomic mass is 9.95. The molecule has 0 fully saturated rings. The number of aromatic nitrogens is 2. The maximum atomic E-state index is 13.0. The van der Waals surface area contributed by atoms with E-state index in [4.69, 9.17) is 9.47 Å². The van der Waals surface area contributed by atoms with Gasteiger partial charge in [0.2, 0.25) is 5.88 Å². The molecule has 4 rings (SSSR count). The number of esters is 1. The van der Waals surface area contributed by atoms with Crippen LogP contribution in [0.2, 0.25) is 0 Å². The molecule has 0 bridgehead atoms. The minimum atomic E-state index is -0.987. The maximum Gasteiger partial charge on any atom is 0.336 e. The molecule has 0 spiro atoms. The van der Waals surface area contributed by atoms with Gasteiger partial charge in [0.05, 0.1) is 29.5 Å². The third-order valence-corrected chi connectivity index (χ3v) is 5.90. The van der Waals surface area contributed by atoms with Crippen LogP contribution in [0.25, 0.3) is 16.8 Å². The summed E-state index contributed by atoms with van der Waals surface area (Å²) in [6.07, 6.45) is 1.09. The topological polar surface area (TPSA) is 90.1 Å². The number of carboxylic acid groups (broad SMARTS) is 1. The van der Waals surface area contributed by atoms with E-state index in [0.29, 0.717) is 18.1 Å². The Morgan fingerprint density at radius 2 is 1.72 bits per heavy atom. The van der Waals surface area contributed by atoms with Gasteiger partial charge in [-0.2, -0.15) is 4.98 Å². The van der Waals surface area contributed by atoms with Gasteiger partial charge in [0.1, 0.15) is 5.65 Å². The van der Waals surface area contributed by atoms with Crippen LogP contribution in [0.4, 0.5) is 0 Å². The number of ether oxygens (including phenoxy) is 2. The van der Waals surface area contributed by atoms with Crippen LogP contribution >= 0.6 is 0 Å². The monoisotopic (exact) mass is 486 g/mol. The molecule has 0 saturated carbocycles. The molecule has 4 aromatic rings. The highest BCUT2D eigenvalue weighted by molar-refractivity contribution is 5.96. The number of hydrogen-bond donors (Lipinski definition) is 1. The van der Waals surface area contributed by atoms with Gasteiger partial charge in [0.25, 0.3) is 0 Å². The Kier molecular flexibility index (Phi) is 6.84. The standard InChI is InChI=1S/C29H30N2O5/c1-6-35-24-17-31-23(16-11-18(2)26(31)30-24)25(36-28(34)29(3,4)5)20-14-12-19(13-15-20)21-9-7-8-10-22(21)27(32)33/h7-17,25H,6H2,1-5H3,(H,32,33). The van der Waals surface area contributed by atoms with Gasteiger partial charge >= 0.3 is 11.9 Å². The number of fused-ring (bicyclic) bond motifs is 1. The molecule has 1 atom stereocenters. The average molecular weight is 487 g/mol. The van der Waals surface area contributed by atoms with Crippen molar-refractivity contribution in [3.8, 4) is 17.0 Å². The van der Waals surface area contributed by atoms with E-state index in [9.17, 15) is 14.7 Å². The number of carbonyl (C=O) groups excluding carboxylic acids is 1. The second kappa shape index (κ2) is 9.85. The van der Waals surface area contributed by atoms with Gasteiger partial charge in [-0.3, -0.25) is 9.20 Å². The van der Waals surface area contributed by atoms with Crippen LogP contribution in [0.3, 0.4) is 0 Å². The molecule has 1 unspecified atom stereocenters. The van der Waals surface area contributed by atoms with Gasteiger partial charge < -0.3 is 14.6 Å². The largest absolute Gasteiger partial charge is 0.478 e. The van der Waals surface area contributed by atoms with Gasteiger partial charge in [-0.15, -0.1) is 0 Å². The lowest BCUT2D eigenvalue weighted by molar-refractivity contribution is -0.157. The minimum Gasteiger partial charge on any atom is -0.478 e. The maximum absolute atomic E-state index is 13.0. The SMILES string of the molecule is CCOc1cn2c(C(OC(=O)C(C)(C)C)c3ccc(-c4ccccc4C(=O)O)cc3)ccc(C)c2n1. The van der Waals surface area contributed by atoms with Crippen molar-refractivity contribution in [2.75, 3.05) is 6.61 Å². The van der Waals surface area contributed by atoms with Crippen molar-refractivity contribution in [2.45, 2.75) is 40.7 Å². The van der Waals surface area contributed by atoms with Crippen molar-refractivity contribution in [1.82, 2.24) is 9.38 Å². The normalized spacial score (nSPS) is 12.4. The number of imidazole rings is 1. The predicted octanol–water partition coefficient (Wildman–Crippen LogP) is 6.09. The summed E-state index contributed by atoms with van der Waals surface area (Å²) in [7, 11) is 0. The minimum absolute atomic E-state index is 0.225. The summed E-state index contributed by atoms with van der Waals surface area (Å²) in [6, 6.07) is 18.2. The van der Waals surface area contributed by atoms with Gasteiger partial charge in [-0.25, -0.2) is 4.79 Å². The molecule has 2 heterocycles. The fraction of sp³-hybridized carbons (Fsp3) is 0.276. The molecule has 0 aliphatic heterocycles. The molecule has 7 heteroatoms. The first kappa shape index (κ1) is 25.0. The van der Waals surface area contributed by atoms with Crippen molar-refractivity contribution in [3.05, 3.63) is 89.2 Å². The second-order valence-corrected chi connectivity index (χ2v) is 9.66. The third-order valence-electron chi connectivity index (χ3n) is 5.90. The zero-order valence-electron chi connectivity index (χ0n) is 21.1. The molecule has 2 aromatic heterocycles. The van der Waals surface area contributed by atoms with Crippen molar-refractivity contribution >= 4 is 17.6 Å². The zero-order valence-corrected chi connectivity index (χ0v) is 21.1. The van der Waals surface area contributed by atoms with Gasteiger partial charge in [0.15, 0.2) is 6.10 Å². The summed E-state index contributed by atoms with van der Waals surface area (Å²) < 4.78 is 13.6. The van der Waals surface area contributed by atoms with E-state index in [2.05, 4.69) is 4.98 Å². The van der Waals surface area contributed by atoms with E-state index in [0.717, 1.165) is 28.0 Å². The predicted molar refractivity (Wildman–Crippen MR) is 137 cm³/mol. The summed E-state index contributed by atoms with van der Waals surface area (Å²) in [5.74, 6) is -0.833. The molecule has 0 amide bonds. The van der Waals surface area contributed by atoms with Crippen LogP contribution in [-0.4, -0.2) is 33.0 Å². The van der Waals surface area contributed by atoms with E-state index >= 15 is 0 Å². The van der Waals surface area contributed by atoms with E-state index < -0.39 is 17.5 Å². The molecule has 0 saturated heterocycles. The molecule has 2 aromatic carbocycles. The van der Waals surface area contributed by atoms with Crippen LogP contribution in [0.15, 0.2) is 66.9 Å². The highest BCUT2D eigenvalue weighted by Gasteiger charge is 2.30. The quantitative estimate of drug-likeness (QED) is 0.318. The number of aryl methyl sites for hydroxylation is 1. The smallest absolute Gasteiger partial charge is 0.336 e. The summed E-state index contributed by atoms with van der Waals surface area (Å²) in [4.78, 5) is 29.3. The molecule has 7 nitrogen and oxygen atoms in total. The van der Waals surface area contributed by atoms with E-state index in [-0.39, 0.29) is 11.5 Å². The van der Waals surface area contributed by atoms with Gasteiger partial charge in [0, 0.05) is 0 Å². The van der Waals surface area contributed by atoms with Crippen molar-refractivity contribution < 1.29 is 24.2 Å². The summed E-state index contributed by atoms with van der Waals surface area (Å²) >= 11 is 0. The number of nitrogens with zero attached hydrogens (tertiary/aromatic N) is 2. The molecule has 186 valence electrons. The van der Waals surface area contributed by atoms with Crippen molar-refractivity contribution in [1.29, 1.82) is 0 Å². The van der Waals surface area contributed by atoms with Crippen LogP contribution in [0.5, 0.6) is 5.88 Å². The number of carboxylic acids is 1. The summed E-state index contributed by atoms with van der Waals surface area (Å²) in [5, 5.41) is 9.58. The van der Waals surface area contributed by atoms with Gasteiger partial charge in [-0.05, 0) is 69.0 Å². The van der Waals surface area contributed by atoms with E-state index in [1.807, 2.05) is 81.5 Å². The Hall–Kier alpha value is -4.13. The fourth-order valence-electron chi connectivity index (χ4n) is 3.97. The van der Waals surface area contributed by atoms with Crippen LogP contribution in [0, 0.1) is 12.3 Å². The number of rotatable bonds is 7. The number of carbonyl (C=O) groups is 2. The van der Waals surface area contributed by atoms with Gasteiger partial charge in [-0.1, -0.05) is 48.5 Å². The lowest BCUT2D eigenvalue weighted by Crippen LogP contribution is -2.26. The Bertz CT molecular complexity index is 1410. The fourth-order valence-corrected chi connectivity index (χ4v) is 3.97. The first-order chi connectivity index (χ1) is 17.1. The van der Waals surface area contributed by atoms with Crippen molar-refractivity contribution in [3.63, 3.8) is 0 Å². The Balaban J connectivity index is 1.82. The second-order valence-electron chi connectivity index (χ2n) is 9.66. The van der Waals surface area contributed by atoms with Crippen molar-refractivity contribution in [2.24, 2.45) is 5.41 Å². The molecule has 0 aliphatic carbocycles. The highest BCUT2D eigenvalue weighted by Crippen LogP contribution is 2.33. The molecule has 0 aliphatic rings. The average Bonchev–Trinajstić information content (AvgIpc) is 3.27. The molecule has 36 heavy (non-hydrogen) atoms. The first-order valence-electron chi connectivity index (χ1n) is 11.8. The Morgan fingerprint density at radius 1 is 1.03 bits per heavy atom. The first-order valence-corrected chi connectivity index (χ1v) is 11.8. The Morgan fingerprint density at radius 3 is 2.36 bits per heavy atom. The van der Waals surface area contributed by atoms with E-state index in [1.54, 1.807) is 24.4 Å². The summed E-state index contributed by atoms with van der Waals surface area (Å²) in [6.45, 7) is 9.79. The molecular weight excluding hydrogens is 456 g/mol. The molecule has 0 radical (unpaired) electrons. The third kappa shape index (κ3) is 4.96.